The van der Waals surface area contributed by atoms with E-state index in [2.05, 4.69) is 6.92 Å². The molecule has 25 heavy (non-hydrogen) atoms. The average Bonchev–Trinajstić information content (AvgIpc) is 2.65. The molecule has 0 bridgehead atoms. The maximum atomic E-state index is 12.3. The number of carbonyl (C=O) groups excluding carboxylic acids is 1. The lowest BCUT2D eigenvalue weighted by atomic mass is 10.1. The highest BCUT2D eigenvalue weighted by molar-refractivity contribution is 5.92. The zero-order valence-electron chi connectivity index (χ0n) is 14.4. The van der Waals surface area contributed by atoms with Crippen LogP contribution in [0.25, 0.3) is 10.8 Å². The predicted octanol–water partition coefficient (Wildman–Crippen LogP) is 5.63. The Morgan fingerprint density at radius 2 is 1.56 bits per heavy atom. The molecule has 3 nitrogen and oxygen atoms in total. The molecule has 128 valence electrons. The van der Waals surface area contributed by atoms with Gasteiger partial charge in [0.15, 0.2) is 0 Å². The normalized spacial score (nSPS) is 10.6. The summed E-state index contributed by atoms with van der Waals surface area (Å²) in [6, 6.07) is 20.7. The van der Waals surface area contributed by atoms with E-state index in [0.717, 1.165) is 29.4 Å². The Bertz CT molecular complexity index is 837. The number of ether oxygens (including phenoxy) is 2. The molecule has 0 fully saturated rings. The highest BCUT2D eigenvalue weighted by Gasteiger charge is 2.09. The Morgan fingerprint density at radius 3 is 2.32 bits per heavy atom. The quantitative estimate of drug-likeness (QED) is 0.319. The maximum absolute atomic E-state index is 12.3. The van der Waals surface area contributed by atoms with Crippen LogP contribution in [0.15, 0.2) is 66.7 Å². The molecule has 0 aliphatic rings. The number of fused-ring (bicyclic) bond motifs is 1. The summed E-state index contributed by atoms with van der Waals surface area (Å²) in [5.74, 6) is 0.953. The highest BCUT2D eigenvalue weighted by Crippen LogP contribution is 2.22. The fourth-order valence-corrected chi connectivity index (χ4v) is 2.63. The maximum Gasteiger partial charge on any atom is 0.343 e. The van der Waals surface area contributed by atoms with Gasteiger partial charge in [0.2, 0.25) is 0 Å². The van der Waals surface area contributed by atoms with Crippen LogP contribution in [0, 0.1) is 0 Å². The minimum Gasteiger partial charge on any atom is -0.494 e. The van der Waals surface area contributed by atoms with Crippen LogP contribution in [0.4, 0.5) is 0 Å². The summed E-state index contributed by atoms with van der Waals surface area (Å²) in [4.78, 5) is 12.3. The van der Waals surface area contributed by atoms with Gasteiger partial charge in [0.25, 0.3) is 0 Å². The number of rotatable bonds is 7. The molecule has 0 radical (unpaired) electrons. The van der Waals surface area contributed by atoms with Gasteiger partial charge in [-0.3, -0.25) is 0 Å². The summed E-state index contributed by atoms with van der Waals surface area (Å²) in [6.07, 6.45) is 3.38. The van der Waals surface area contributed by atoms with Gasteiger partial charge in [0, 0.05) is 0 Å². The first-order valence-electron chi connectivity index (χ1n) is 8.70. The molecule has 0 atom stereocenters. The molecular formula is C22H22O3. The largest absolute Gasteiger partial charge is 0.494 e. The first kappa shape index (κ1) is 17.0. The summed E-state index contributed by atoms with van der Waals surface area (Å²) in [5.41, 5.74) is 0.508. The van der Waals surface area contributed by atoms with Crippen molar-refractivity contribution < 1.29 is 14.3 Å². The van der Waals surface area contributed by atoms with Gasteiger partial charge in [0.1, 0.15) is 11.5 Å². The Hall–Kier alpha value is -2.81. The molecule has 3 heteroatoms. The first-order valence-corrected chi connectivity index (χ1v) is 8.70. The average molecular weight is 334 g/mol. The minimum atomic E-state index is -0.368. The monoisotopic (exact) mass is 334 g/mol. The van der Waals surface area contributed by atoms with Crippen LogP contribution in [0.1, 0.15) is 36.5 Å². The second kappa shape index (κ2) is 8.34. The van der Waals surface area contributed by atoms with Crippen molar-refractivity contribution in [2.45, 2.75) is 26.2 Å². The van der Waals surface area contributed by atoms with Crippen molar-refractivity contribution in [1.82, 2.24) is 0 Å². The number of carbonyl (C=O) groups is 1. The van der Waals surface area contributed by atoms with Crippen LogP contribution >= 0.6 is 0 Å². The number of benzene rings is 3. The molecular weight excluding hydrogens is 312 g/mol. The van der Waals surface area contributed by atoms with E-state index in [0.29, 0.717) is 17.9 Å². The molecule has 3 aromatic rings. The zero-order valence-corrected chi connectivity index (χ0v) is 14.4. The van der Waals surface area contributed by atoms with Crippen LogP contribution in [-0.4, -0.2) is 12.6 Å². The topological polar surface area (TPSA) is 35.5 Å². The molecule has 0 N–H and O–H groups in total. The third-order valence-corrected chi connectivity index (χ3v) is 4.04. The van der Waals surface area contributed by atoms with Crippen LogP contribution in [0.5, 0.6) is 11.5 Å². The van der Waals surface area contributed by atoms with Gasteiger partial charge in [-0.15, -0.1) is 0 Å². The molecule has 0 aliphatic carbocycles. The summed E-state index contributed by atoms with van der Waals surface area (Å²) in [6.45, 7) is 2.87. The van der Waals surface area contributed by atoms with Gasteiger partial charge in [-0.25, -0.2) is 4.79 Å². The summed E-state index contributed by atoms with van der Waals surface area (Å²) >= 11 is 0. The van der Waals surface area contributed by atoms with Crippen molar-refractivity contribution in [2.24, 2.45) is 0 Å². The molecule has 0 unspecified atom stereocenters. The highest BCUT2D eigenvalue weighted by atomic mass is 16.5. The van der Waals surface area contributed by atoms with Crippen molar-refractivity contribution in [3.63, 3.8) is 0 Å². The lowest BCUT2D eigenvalue weighted by molar-refractivity contribution is 0.0735. The summed E-state index contributed by atoms with van der Waals surface area (Å²) in [7, 11) is 0. The standard InChI is InChI=1S/C22H22O3/c1-2-3-6-15-24-20-12-10-18(11-13-20)22(23)25-21-14-9-17-7-4-5-8-19(17)16-21/h4-5,7-14,16H,2-3,6,15H2,1H3. The zero-order chi connectivity index (χ0) is 17.5. The van der Waals surface area contributed by atoms with E-state index in [9.17, 15) is 4.79 Å². The number of hydrogen-bond acceptors (Lipinski definition) is 3. The Kier molecular flexibility index (Phi) is 5.68. The number of hydrogen-bond donors (Lipinski definition) is 0. The third-order valence-electron chi connectivity index (χ3n) is 4.04. The molecule has 3 aromatic carbocycles. The van der Waals surface area contributed by atoms with Gasteiger partial charge in [-0.2, -0.15) is 0 Å². The smallest absolute Gasteiger partial charge is 0.343 e. The molecule has 0 saturated heterocycles. The fraction of sp³-hybridized carbons (Fsp3) is 0.227. The first-order chi connectivity index (χ1) is 12.3. The van der Waals surface area contributed by atoms with Crippen LogP contribution in [-0.2, 0) is 0 Å². The molecule has 0 aromatic heterocycles. The number of esters is 1. The second-order valence-corrected chi connectivity index (χ2v) is 5.98. The van der Waals surface area contributed by atoms with E-state index in [-0.39, 0.29) is 5.97 Å². The molecule has 0 amide bonds. The van der Waals surface area contributed by atoms with Crippen molar-refractivity contribution in [3.05, 3.63) is 72.3 Å². The van der Waals surface area contributed by atoms with Crippen LogP contribution in [0.3, 0.4) is 0 Å². The van der Waals surface area contributed by atoms with E-state index < -0.39 is 0 Å². The van der Waals surface area contributed by atoms with E-state index >= 15 is 0 Å². The van der Waals surface area contributed by atoms with Gasteiger partial charge in [-0.05, 0) is 53.6 Å². The van der Waals surface area contributed by atoms with Crippen LogP contribution in [0.2, 0.25) is 0 Å². The van der Waals surface area contributed by atoms with E-state index in [1.165, 1.54) is 6.42 Å². The van der Waals surface area contributed by atoms with Gasteiger partial charge < -0.3 is 9.47 Å². The minimum absolute atomic E-state index is 0.368. The van der Waals surface area contributed by atoms with E-state index in [1.807, 2.05) is 54.6 Å². The van der Waals surface area contributed by atoms with Gasteiger partial charge in [-0.1, -0.05) is 50.1 Å². The summed E-state index contributed by atoms with van der Waals surface area (Å²) < 4.78 is 11.1. The van der Waals surface area contributed by atoms with Gasteiger partial charge in [0.05, 0.1) is 12.2 Å². The van der Waals surface area contributed by atoms with E-state index in [1.54, 1.807) is 12.1 Å². The SMILES string of the molecule is CCCCCOc1ccc(C(=O)Oc2ccc3ccccc3c2)cc1. The van der Waals surface area contributed by atoms with Crippen molar-refractivity contribution >= 4 is 16.7 Å². The van der Waals surface area contributed by atoms with Crippen LogP contribution < -0.4 is 9.47 Å². The molecule has 3 rings (SSSR count). The molecule has 0 heterocycles. The van der Waals surface area contributed by atoms with E-state index in [4.69, 9.17) is 9.47 Å². The Labute approximate surface area is 148 Å². The van der Waals surface area contributed by atoms with Crippen molar-refractivity contribution in [1.29, 1.82) is 0 Å². The third kappa shape index (κ3) is 4.60. The molecule has 0 spiro atoms. The summed E-state index contributed by atoms with van der Waals surface area (Å²) in [5, 5.41) is 2.16. The Balaban J connectivity index is 1.62. The lowest BCUT2D eigenvalue weighted by Gasteiger charge is -2.08. The van der Waals surface area contributed by atoms with Crippen molar-refractivity contribution in [2.75, 3.05) is 6.61 Å². The fourth-order valence-electron chi connectivity index (χ4n) is 2.63. The molecule has 0 saturated carbocycles. The van der Waals surface area contributed by atoms with Gasteiger partial charge >= 0.3 is 5.97 Å². The Morgan fingerprint density at radius 1 is 0.840 bits per heavy atom. The lowest BCUT2D eigenvalue weighted by Crippen LogP contribution is -2.08. The second-order valence-electron chi connectivity index (χ2n) is 5.98. The van der Waals surface area contributed by atoms with Crippen molar-refractivity contribution in [3.8, 4) is 11.5 Å². The number of unbranched alkanes of at least 4 members (excludes halogenated alkanes) is 2. The molecule has 0 aliphatic heterocycles. The predicted molar refractivity (Wildman–Crippen MR) is 100 cm³/mol.